The molecule has 0 spiro atoms. The van der Waals surface area contributed by atoms with E-state index >= 15 is 0 Å². The van der Waals surface area contributed by atoms with Crippen molar-refractivity contribution in [1.82, 2.24) is 0 Å². The number of rotatable bonds is 13. The molecular weight excluding hydrogens is 657 g/mol. The molecule has 3 aromatic carbocycles. The zero-order valence-corrected chi connectivity index (χ0v) is 32.5. The van der Waals surface area contributed by atoms with Crippen LogP contribution >= 0.6 is 0 Å². The van der Waals surface area contributed by atoms with Gasteiger partial charge in [0.05, 0.1) is 50.8 Å². The van der Waals surface area contributed by atoms with Crippen molar-refractivity contribution in [3.05, 3.63) is 103 Å². The van der Waals surface area contributed by atoms with Crippen molar-refractivity contribution >= 4 is 18.7 Å². The Morgan fingerprint density at radius 3 is 2.04 bits per heavy atom. The molecule has 0 saturated carbocycles. The molecule has 0 aromatic heterocycles. The Labute approximate surface area is 306 Å². The average Bonchev–Trinajstić information content (AvgIpc) is 3.48. The number of ether oxygens (including phenoxy) is 6. The standard InChI is InChI=1S/C43H58O7Si/c1-31-24-34(22-23-45-29-32-18-20-33(44-7)21-19-32)47-35(25-31)26-36-27-37(28-40(48-36)41-30-46-43(5,6)49-41)50-51(42(2,3)4,38-14-10-8-11-15-38)39-16-12-9-13-17-39/h8-21,34-37,40-41H,1,22-30H2,2-7H3/t34-,35+,36+,37+,40+,41-/m0/s1. The Morgan fingerprint density at radius 2 is 1.45 bits per heavy atom. The van der Waals surface area contributed by atoms with Crippen molar-refractivity contribution < 1.29 is 32.8 Å². The monoisotopic (exact) mass is 714 g/mol. The molecule has 0 unspecified atom stereocenters. The Kier molecular flexibility index (Phi) is 12.2. The van der Waals surface area contributed by atoms with Gasteiger partial charge in [-0.25, -0.2) is 0 Å². The zero-order valence-electron chi connectivity index (χ0n) is 31.5. The van der Waals surface area contributed by atoms with Gasteiger partial charge < -0.3 is 32.8 Å². The van der Waals surface area contributed by atoms with Gasteiger partial charge in [0, 0.05) is 19.4 Å². The van der Waals surface area contributed by atoms with Crippen LogP contribution in [0.25, 0.3) is 0 Å². The summed E-state index contributed by atoms with van der Waals surface area (Å²) in [6.07, 6.45) is 4.53. The van der Waals surface area contributed by atoms with Crippen LogP contribution in [0, 0.1) is 0 Å². The lowest BCUT2D eigenvalue weighted by Crippen LogP contribution is -2.68. The fourth-order valence-electron chi connectivity index (χ4n) is 8.16. The summed E-state index contributed by atoms with van der Waals surface area (Å²) in [4.78, 5) is 0. The largest absolute Gasteiger partial charge is 0.497 e. The minimum Gasteiger partial charge on any atom is -0.497 e. The molecule has 6 atom stereocenters. The summed E-state index contributed by atoms with van der Waals surface area (Å²) in [5.74, 6) is 0.211. The summed E-state index contributed by atoms with van der Waals surface area (Å²) in [5.41, 5.74) is 2.36. The molecular formula is C43H58O7Si. The van der Waals surface area contributed by atoms with Gasteiger partial charge in [0.25, 0.3) is 8.32 Å². The van der Waals surface area contributed by atoms with E-state index in [1.807, 2.05) is 38.1 Å². The van der Waals surface area contributed by atoms with E-state index < -0.39 is 14.1 Å². The second kappa shape index (κ2) is 16.5. The molecule has 0 radical (unpaired) electrons. The maximum absolute atomic E-state index is 7.71. The molecule has 0 amide bonds. The highest BCUT2D eigenvalue weighted by Gasteiger charge is 2.53. The van der Waals surface area contributed by atoms with Crippen LogP contribution in [0.1, 0.15) is 78.7 Å². The maximum Gasteiger partial charge on any atom is 0.261 e. The number of benzene rings is 3. The zero-order chi connectivity index (χ0) is 36.1. The van der Waals surface area contributed by atoms with Gasteiger partial charge >= 0.3 is 0 Å². The third-order valence-electron chi connectivity index (χ3n) is 10.5. The van der Waals surface area contributed by atoms with Crippen LogP contribution in [0.15, 0.2) is 97.1 Å². The summed E-state index contributed by atoms with van der Waals surface area (Å²) >= 11 is 0. The highest BCUT2D eigenvalue weighted by atomic mass is 28.4. The normalized spacial score (nSPS) is 27.0. The molecule has 276 valence electrons. The quantitative estimate of drug-likeness (QED) is 0.102. The third kappa shape index (κ3) is 9.41. The highest BCUT2D eigenvalue weighted by molar-refractivity contribution is 6.99. The van der Waals surface area contributed by atoms with Crippen LogP contribution in [-0.2, 0) is 34.7 Å². The van der Waals surface area contributed by atoms with E-state index in [0.717, 1.165) is 49.8 Å². The van der Waals surface area contributed by atoms with Gasteiger partial charge in [-0.3, -0.25) is 0 Å². The van der Waals surface area contributed by atoms with E-state index in [1.54, 1.807) is 7.11 Å². The van der Waals surface area contributed by atoms with Crippen LogP contribution in [0.5, 0.6) is 5.75 Å². The van der Waals surface area contributed by atoms with Gasteiger partial charge in [-0.1, -0.05) is 106 Å². The molecule has 8 heteroatoms. The van der Waals surface area contributed by atoms with E-state index in [0.29, 0.717) is 19.8 Å². The fourth-order valence-corrected chi connectivity index (χ4v) is 12.9. The fraction of sp³-hybridized carbons (Fsp3) is 0.535. The van der Waals surface area contributed by atoms with Gasteiger partial charge in [0.15, 0.2) is 5.79 Å². The lowest BCUT2D eigenvalue weighted by atomic mass is 9.91. The van der Waals surface area contributed by atoms with E-state index in [9.17, 15) is 0 Å². The molecule has 6 rings (SSSR count). The summed E-state index contributed by atoms with van der Waals surface area (Å²) in [7, 11) is -1.10. The number of hydrogen-bond donors (Lipinski definition) is 0. The Balaban J connectivity index is 1.18. The van der Waals surface area contributed by atoms with Crippen LogP contribution in [-0.4, -0.2) is 71.1 Å². The Morgan fingerprint density at radius 1 is 0.804 bits per heavy atom. The first-order valence-corrected chi connectivity index (χ1v) is 20.6. The van der Waals surface area contributed by atoms with Crippen LogP contribution in [0.4, 0.5) is 0 Å². The summed E-state index contributed by atoms with van der Waals surface area (Å²) < 4.78 is 45.2. The predicted molar refractivity (Wildman–Crippen MR) is 204 cm³/mol. The Bertz CT molecular complexity index is 1500. The van der Waals surface area contributed by atoms with Crippen molar-refractivity contribution in [2.75, 3.05) is 20.3 Å². The van der Waals surface area contributed by atoms with Crippen molar-refractivity contribution in [2.45, 2.75) is 127 Å². The van der Waals surface area contributed by atoms with Crippen molar-refractivity contribution in [1.29, 1.82) is 0 Å². The van der Waals surface area contributed by atoms with Crippen molar-refractivity contribution in [3.8, 4) is 5.75 Å². The van der Waals surface area contributed by atoms with E-state index in [1.165, 1.54) is 15.9 Å². The molecule has 3 fully saturated rings. The summed E-state index contributed by atoms with van der Waals surface area (Å²) in [6.45, 7) is 17.1. The highest BCUT2D eigenvalue weighted by Crippen LogP contribution is 2.41. The van der Waals surface area contributed by atoms with Gasteiger partial charge in [0.1, 0.15) is 11.9 Å². The molecule has 3 heterocycles. The first kappa shape index (κ1) is 37.9. The molecule has 3 aromatic rings. The summed E-state index contributed by atoms with van der Waals surface area (Å²) in [5, 5.41) is 2.45. The summed E-state index contributed by atoms with van der Waals surface area (Å²) in [6, 6.07) is 29.8. The van der Waals surface area contributed by atoms with Crippen LogP contribution < -0.4 is 15.1 Å². The number of methoxy groups -OCH3 is 1. The lowest BCUT2D eigenvalue weighted by Gasteiger charge is -2.48. The lowest BCUT2D eigenvalue weighted by molar-refractivity contribution is -0.185. The minimum absolute atomic E-state index is 0.0206. The van der Waals surface area contributed by atoms with Crippen LogP contribution in [0.2, 0.25) is 5.04 Å². The SMILES string of the molecule is C=C1C[C@H](C[C@@H]2C[C@@H](O[Si](c3ccccc3)(c3ccccc3)C(C)(C)C)C[C@H]([C@@H]3COC(C)(C)O3)O2)O[C@@H](CCOCc2ccc(OC)cc2)C1. The molecule has 0 bridgehead atoms. The van der Waals surface area contributed by atoms with Gasteiger partial charge in [-0.05, 0) is 72.6 Å². The molecule has 7 nitrogen and oxygen atoms in total. The smallest absolute Gasteiger partial charge is 0.261 e. The van der Waals surface area contributed by atoms with Gasteiger partial charge in [-0.2, -0.15) is 0 Å². The topological polar surface area (TPSA) is 64.6 Å². The molecule has 3 saturated heterocycles. The van der Waals surface area contributed by atoms with E-state index in [2.05, 4.69) is 88.0 Å². The third-order valence-corrected chi connectivity index (χ3v) is 15.6. The molecule has 0 aliphatic carbocycles. The van der Waals surface area contributed by atoms with E-state index in [4.69, 9.17) is 32.8 Å². The maximum atomic E-state index is 7.71. The Hall–Kier alpha value is -2.82. The molecule has 0 N–H and O–H groups in total. The average molecular weight is 715 g/mol. The first-order chi connectivity index (χ1) is 24.4. The molecule has 3 aliphatic heterocycles. The van der Waals surface area contributed by atoms with Gasteiger partial charge in [-0.15, -0.1) is 0 Å². The predicted octanol–water partition coefficient (Wildman–Crippen LogP) is 7.74. The van der Waals surface area contributed by atoms with Crippen molar-refractivity contribution in [2.24, 2.45) is 0 Å². The van der Waals surface area contributed by atoms with Crippen molar-refractivity contribution in [3.63, 3.8) is 0 Å². The molecule has 51 heavy (non-hydrogen) atoms. The second-order valence-electron chi connectivity index (χ2n) is 16.0. The second-order valence-corrected chi connectivity index (χ2v) is 20.3. The van der Waals surface area contributed by atoms with Gasteiger partial charge in [0.2, 0.25) is 0 Å². The minimum atomic E-state index is -2.78. The number of hydrogen-bond acceptors (Lipinski definition) is 7. The van der Waals surface area contributed by atoms with Crippen LogP contribution in [0.3, 0.4) is 0 Å². The molecule has 3 aliphatic rings. The van der Waals surface area contributed by atoms with E-state index in [-0.39, 0.29) is 41.7 Å². The first-order valence-electron chi connectivity index (χ1n) is 18.7.